The van der Waals surface area contributed by atoms with E-state index in [-0.39, 0.29) is 22.2 Å². The van der Waals surface area contributed by atoms with Crippen LogP contribution in [0.1, 0.15) is 38.1 Å². The van der Waals surface area contributed by atoms with Gasteiger partial charge in [-0.2, -0.15) is 9.98 Å². The first kappa shape index (κ1) is 25.0. The average molecular weight is 561 g/mol. The van der Waals surface area contributed by atoms with Gasteiger partial charge in [-0.1, -0.05) is 17.4 Å². The molecule has 3 aromatic heterocycles. The number of morpholine rings is 1. The second kappa shape index (κ2) is 8.87. The number of hydrogen-bond donors (Lipinski definition) is 1. The van der Waals surface area contributed by atoms with Crippen molar-refractivity contribution in [2.75, 3.05) is 18.1 Å². The van der Waals surface area contributed by atoms with E-state index in [1.807, 2.05) is 19.9 Å². The molecule has 2 atom stereocenters. The van der Waals surface area contributed by atoms with Crippen LogP contribution in [0.4, 0.5) is 14.6 Å². The fraction of sp³-hybridized carbons (Fsp3) is 0.435. The van der Waals surface area contributed by atoms with Crippen molar-refractivity contribution in [1.29, 1.82) is 5.26 Å². The van der Waals surface area contributed by atoms with Crippen molar-refractivity contribution in [2.24, 2.45) is 0 Å². The molecule has 11 nitrogen and oxygen atoms in total. The molecule has 0 bridgehead atoms. The van der Waals surface area contributed by atoms with E-state index in [1.165, 1.54) is 23.0 Å². The molecule has 2 aliphatic rings. The lowest BCUT2D eigenvalue weighted by molar-refractivity contribution is 0.0341. The van der Waals surface area contributed by atoms with Crippen LogP contribution in [0.15, 0.2) is 29.4 Å². The lowest BCUT2D eigenvalue weighted by atomic mass is 10.1. The van der Waals surface area contributed by atoms with Crippen molar-refractivity contribution in [3.63, 3.8) is 0 Å². The maximum atomic E-state index is 13.4. The molecule has 1 N–H and O–H groups in total. The Morgan fingerprint density at radius 1 is 1.26 bits per heavy atom. The van der Waals surface area contributed by atoms with Gasteiger partial charge in [0, 0.05) is 11.9 Å². The predicted molar refractivity (Wildman–Crippen MR) is 135 cm³/mol. The lowest BCUT2D eigenvalue weighted by Gasteiger charge is -2.37. The summed E-state index contributed by atoms with van der Waals surface area (Å²) in [5.41, 5.74) is -0.336. The van der Waals surface area contributed by atoms with E-state index in [9.17, 15) is 22.5 Å². The number of ether oxygens (including phenoxy) is 1. The smallest absolute Gasteiger partial charge is 0.291 e. The molecular formula is C23H22F2N8O3S2. The van der Waals surface area contributed by atoms with Gasteiger partial charge in [-0.3, -0.25) is 4.57 Å². The zero-order valence-corrected chi connectivity index (χ0v) is 21.9. The minimum absolute atomic E-state index is 0.000713. The molecule has 1 aromatic carbocycles. The van der Waals surface area contributed by atoms with Crippen LogP contribution in [-0.2, 0) is 14.8 Å². The molecule has 0 amide bonds. The van der Waals surface area contributed by atoms with Gasteiger partial charge in [0.15, 0.2) is 10.7 Å². The van der Waals surface area contributed by atoms with Gasteiger partial charge in [-0.15, -0.1) is 10.2 Å². The third-order valence-corrected chi connectivity index (χ3v) is 9.24. The maximum absolute atomic E-state index is 13.4. The van der Waals surface area contributed by atoms with Crippen LogP contribution in [0.5, 0.6) is 0 Å². The number of hydrogen-bond acceptors (Lipinski definition) is 10. The average Bonchev–Trinajstić information content (AvgIpc) is 3.33. The van der Waals surface area contributed by atoms with Gasteiger partial charge < -0.3 is 9.64 Å². The molecule has 198 valence electrons. The van der Waals surface area contributed by atoms with Crippen LogP contribution in [0, 0.1) is 11.3 Å². The summed E-state index contributed by atoms with van der Waals surface area (Å²) in [6, 6.07) is 6.55. The number of halogens is 2. The number of rotatable bonds is 6. The lowest BCUT2D eigenvalue weighted by Crippen LogP contribution is -2.47. The molecule has 1 saturated heterocycles. The highest BCUT2D eigenvalue weighted by Crippen LogP contribution is 2.40. The van der Waals surface area contributed by atoms with Crippen LogP contribution >= 0.6 is 11.3 Å². The third kappa shape index (κ3) is 4.08. The fourth-order valence-electron chi connectivity index (χ4n) is 4.66. The first-order valence-electron chi connectivity index (χ1n) is 11.9. The second-order valence-corrected chi connectivity index (χ2v) is 12.2. The number of alkyl halides is 2. The molecule has 0 unspecified atom stereocenters. The van der Waals surface area contributed by atoms with Crippen LogP contribution < -0.4 is 9.62 Å². The van der Waals surface area contributed by atoms with Gasteiger partial charge >= 0.3 is 0 Å². The van der Waals surface area contributed by atoms with Gasteiger partial charge in [0.1, 0.15) is 17.7 Å². The molecule has 1 aliphatic carbocycles. The van der Waals surface area contributed by atoms with Crippen LogP contribution in [-0.4, -0.2) is 64.0 Å². The Morgan fingerprint density at radius 3 is 2.74 bits per heavy atom. The summed E-state index contributed by atoms with van der Waals surface area (Å²) in [7, 11) is -4.05. The highest BCUT2D eigenvalue weighted by molar-refractivity contribution is 7.89. The number of nitrogens with zero attached hydrogens (tertiary/aromatic N) is 7. The molecule has 6 rings (SSSR count). The Balaban J connectivity index is 1.60. The van der Waals surface area contributed by atoms with E-state index < -0.39 is 27.0 Å². The molecule has 2 fully saturated rings. The van der Waals surface area contributed by atoms with E-state index in [1.54, 1.807) is 6.07 Å². The quantitative estimate of drug-likeness (QED) is 0.376. The normalized spacial score (nSPS) is 21.3. The maximum Gasteiger partial charge on any atom is 0.291 e. The highest BCUT2D eigenvalue weighted by Gasteiger charge is 2.47. The van der Waals surface area contributed by atoms with E-state index in [0.717, 1.165) is 0 Å². The number of aromatic nitrogens is 5. The standard InChI is InChI=1S/C23H22F2N8O3S2/c1-12-9-36-13(2)8-32(12)19-17-15-4-3-14(38(34,35)31-23(10-26)5-6-23)7-16(15)33(20(17)28-11-27-19)22-30-29-21(37-22)18(24)25/h3-4,7,11-13,18,31H,5-6,8-9H2,1-2H3/t12-,13+/m1/s1. The summed E-state index contributed by atoms with van der Waals surface area (Å²) >= 11 is 0.696. The Morgan fingerprint density at radius 2 is 2.05 bits per heavy atom. The van der Waals surface area contributed by atoms with Crippen molar-refractivity contribution < 1.29 is 21.9 Å². The number of sulfonamides is 1. The molecule has 1 aliphatic heterocycles. The minimum atomic E-state index is -4.05. The van der Waals surface area contributed by atoms with Gasteiger partial charge in [0.2, 0.25) is 15.2 Å². The SMILES string of the molecule is C[C@@H]1CO[C@@H](C)CN1c1ncnc2c1c1ccc(S(=O)(=O)NC3(C#N)CC3)cc1n2-c1nnc(C(F)F)s1. The highest BCUT2D eigenvalue weighted by atomic mass is 32.2. The molecule has 0 radical (unpaired) electrons. The van der Waals surface area contributed by atoms with Crippen LogP contribution in [0.2, 0.25) is 0 Å². The summed E-state index contributed by atoms with van der Waals surface area (Å²) in [5.74, 6) is 0.621. The first-order valence-corrected chi connectivity index (χ1v) is 14.2. The Kier molecular flexibility index (Phi) is 5.83. The number of nitriles is 1. The summed E-state index contributed by atoms with van der Waals surface area (Å²) in [4.78, 5) is 11.1. The minimum Gasteiger partial charge on any atom is -0.375 e. The molecule has 4 aromatic rings. The Hall–Kier alpha value is -3.32. The van der Waals surface area contributed by atoms with Gasteiger partial charge in [-0.05, 0) is 38.8 Å². The number of anilines is 1. The van der Waals surface area contributed by atoms with Crippen molar-refractivity contribution >= 4 is 49.1 Å². The summed E-state index contributed by atoms with van der Waals surface area (Å²) in [5, 5.41) is 17.9. The second-order valence-electron chi connectivity index (χ2n) is 9.58. The fourth-order valence-corrected chi connectivity index (χ4v) is 6.77. The zero-order valence-electron chi connectivity index (χ0n) is 20.3. The van der Waals surface area contributed by atoms with E-state index in [0.29, 0.717) is 65.1 Å². The Bertz CT molecular complexity index is 1710. The third-order valence-electron chi connectivity index (χ3n) is 6.79. The molecular weight excluding hydrogens is 538 g/mol. The first-order chi connectivity index (χ1) is 18.1. The summed E-state index contributed by atoms with van der Waals surface area (Å²) < 4.78 is 63.0. The largest absolute Gasteiger partial charge is 0.375 e. The molecule has 4 heterocycles. The van der Waals surface area contributed by atoms with E-state index >= 15 is 0 Å². The van der Waals surface area contributed by atoms with E-state index in [4.69, 9.17) is 4.74 Å². The van der Waals surface area contributed by atoms with Crippen molar-refractivity contribution in [2.45, 2.75) is 55.7 Å². The van der Waals surface area contributed by atoms with Crippen molar-refractivity contribution in [3.8, 4) is 11.2 Å². The van der Waals surface area contributed by atoms with Crippen LogP contribution in [0.25, 0.3) is 27.1 Å². The van der Waals surface area contributed by atoms with Gasteiger partial charge in [-0.25, -0.2) is 27.2 Å². The van der Waals surface area contributed by atoms with Crippen molar-refractivity contribution in [3.05, 3.63) is 29.5 Å². The zero-order chi connectivity index (χ0) is 26.8. The molecule has 15 heteroatoms. The predicted octanol–water partition coefficient (Wildman–Crippen LogP) is 3.31. The molecule has 38 heavy (non-hydrogen) atoms. The van der Waals surface area contributed by atoms with Gasteiger partial charge in [0.25, 0.3) is 6.43 Å². The number of fused-ring (bicyclic) bond motifs is 3. The number of benzene rings is 1. The monoisotopic (exact) mass is 560 g/mol. The molecule has 1 saturated carbocycles. The van der Waals surface area contributed by atoms with E-state index in [2.05, 4.69) is 29.8 Å². The topological polar surface area (TPSA) is 139 Å². The Labute approximate surface area is 220 Å². The molecule has 0 spiro atoms. The van der Waals surface area contributed by atoms with Gasteiger partial charge in [0.05, 0.1) is 40.6 Å². The summed E-state index contributed by atoms with van der Waals surface area (Å²) in [6.07, 6.45) is -0.601. The van der Waals surface area contributed by atoms with Crippen LogP contribution in [0.3, 0.4) is 0 Å². The van der Waals surface area contributed by atoms with Crippen molar-refractivity contribution in [1.82, 2.24) is 29.5 Å². The number of nitrogens with one attached hydrogen (secondary N) is 1. The summed E-state index contributed by atoms with van der Waals surface area (Å²) in [6.45, 7) is 5.04.